The molecule has 6 heteroatoms. The van der Waals surface area contributed by atoms with E-state index in [9.17, 15) is 4.79 Å². The van der Waals surface area contributed by atoms with Gasteiger partial charge in [0.25, 0.3) is 0 Å². The van der Waals surface area contributed by atoms with Crippen LogP contribution in [0.5, 0.6) is 0 Å². The van der Waals surface area contributed by atoms with Gasteiger partial charge in [0, 0.05) is 12.1 Å². The first-order valence-electron chi connectivity index (χ1n) is 5.15. The first-order chi connectivity index (χ1) is 7.78. The third kappa shape index (κ3) is 3.61. The SMILES string of the molecule is N#[N+]c1ccc(CCC2COC(=O)N2)cc1.[Cl-]. The normalized spacial score (nSPS) is 17.6. The molecule has 90 valence electrons. The first kappa shape index (κ1) is 13.3. The highest BCUT2D eigenvalue weighted by molar-refractivity contribution is 5.69. The maximum atomic E-state index is 10.8. The van der Waals surface area contributed by atoms with Gasteiger partial charge >= 0.3 is 11.8 Å². The summed E-state index contributed by atoms with van der Waals surface area (Å²) >= 11 is 0. The van der Waals surface area contributed by atoms with E-state index in [0.717, 1.165) is 18.4 Å². The zero-order chi connectivity index (χ0) is 11.4. The molecule has 1 unspecified atom stereocenters. The first-order valence-corrected chi connectivity index (χ1v) is 5.15. The van der Waals surface area contributed by atoms with Crippen LogP contribution in [0.2, 0.25) is 0 Å². The van der Waals surface area contributed by atoms with Gasteiger partial charge in [-0.15, -0.1) is 0 Å². The van der Waals surface area contributed by atoms with E-state index in [1.165, 1.54) is 0 Å². The maximum absolute atomic E-state index is 10.8. The highest BCUT2D eigenvalue weighted by Crippen LogP contribution is 2.15. The topological polar surface area (TPSA) is 66.5 Å². The summed E-state index contributed by atoms with van der Waals surface area (Å²) in [6, 6.07) is 7.42. The molecular formula is C11H12ClN3O2. The minimum absolute atomic E-state index is 0. The van der Waals surface area contributed by atoms with Gasteiger partial charge in [-0.25, -0.2) is 4.79 Å². The minimum Gasteiger partial charge on any atom is -1.00 e. The lowest BCUT2D eigenvalue weighted by atomic mass is 10.1. The number of diazo groups is 1. The van der Waals surface area contributed by atoms with Gasteiger partial charge in [-0.1, -0.05) is 12.1 Å². The molecule has 0 aliphatic carbocycles. The monoisotopic (exact) mass is 253 g/mol. The summed E-state index contributed by atoms with van der Waals surface area (Å²) in [5.41, 5.74) is 1.69. The van der Waals surface area contributed by atoms with Crippen LogP contribution in [0.3, 0.4) is 0 Å². The van der Waals surface area contributed by atoms with Gasteiger partial charge in [0.05, 0.1) is 6.04 Å². The standard InChI is InChI=1S/C11H11N3O2.ClH/c12-14-9-4-1-8(2-5-9)3-6-10-7-16-11(15)13-10;/h1-2,4-5,10H,3,6-7H2;1H. The molecule has 1 fully saturated rings. The molecule has 1 heterocycles. The van der Waals surface area contributed by atoms with Crippen LogP contribution in [0.1, 0.15) is 12.0 Å². The summed E-state index contributed by atoms with van der Waals surface area (Å²) < 4.78 is 4.79. The zero-order valence-electron chi connectivity index (χ0n) is 9.10. The van der Waals surface area contributed by atoms with E-state index in [0.29, 0.717) is 12.3 Å². The second kappa shape index (κ2) is 6.06. The summed E-state index contributed by atoms with van der Waals surface area (Å²) in [6.07, 6.45) is 1.38. The zero-order valence-corrected chi connectivity index (χ0v) is 9.85. The molecule has 1 saturated heterocycles. The summed E-state index contributed by atoms with van der Waals surface area (Å²) in [5.74, 6) is 0. The van der Waals surface area contributed by atoms with Crippen LogP contribution >= 0.6 is 0 Å². The predicted octanol–water partition coefficient (Wildman–Crippen LogP) is -0.784. The van der Waals surface area contributed by atoms with Crippen molar-refractivity contribution in [3.63, 3.8) is 0 Å². The third-order valence-electron chi connectivity index (χ3n) is 2.57. The van der Waals surface area contributed by atoms with Crippen molar-refractivity contribution in [3.8, 4) is 0 Å². The molecule has 1 atom stereocenters. The molecule has 17 heavy (non-hydrogen) atoms. The minimum atomic E-state index is -0.334. The Morgan fingerprint density at radius 3 is 2.65 bits per heavy atom. The lowest BCUT2D eigenvalue weighted by molar-refractivity contribution is -0.00000876. The average molecular weight is 254 g/mol. The van der Waals surface area contributed by atoms with Gasteiger partial charge in [0.1, 0.15) is 6.61 Å². The summed E-state index contributed by atoms with van der Waals surface area (Å²) in [7, 11) is 0. The fourth-order valence-corrected chi connectivity index (χ4v) is 1.65. The van der Waals surface area contributed by atoms with Gasteiger partial charge in [-0.2, -0.15) is 0 Å². The number of halogens is 1. The Bertz CT molecular complexity index is 427. The Balaban J connectivity index is 0.00000144. The number of nitrogens with one attached hydrogen (secondary N) is 1. The highest BCUT2D eigenvalue weighted by Gasteiger charge is 2.21. The number of amides is 1. The van der Waals surface area contributed by atoms with Crippen LogP contribution in [-0.4, -0.2) is 18.7 Å². The molecule has 0 aromatic heterocycles. The molecule has 0 spiro atoms. The molecule has 1 aliphatic heterocycles. The largest absolute Gasteiger partial charge is 1.00 e. The fourth-order valence-electron chi connectivity index (χ4n) is 1.65. The van der Waals surface area contributed by atoms with Gasteiger partial charge in [-0.05, 0) is 18.4 Å². The quantitative estimate of drug-likeness (QED) is 0.719. The summed E-state index contributed by atoms with van der Waals surface area (Å²) in [5, 5.41) is 11.2. The molecule has 0 radical (unpaired) electrons. The van der Waals surface area contributed by atoms with E-state index in [1.54, 1.807) is 12.1 Å². The van der Waals surface area contributed by atoms with E-state index in [4.69, 9.17) is 10.1 Å². The van der Waals surface area contributed by atoms with Gasteiger partial charge in [0.2, 0.25) is 5.39 Å². The van der Waals surface area contributed by atoms with Crippen LogP contribution in [0.25, 0.3) is 4.98 Å². The molecule has 1 aromatic rings. The lowest BCUT2D eigenvalue weighted by Crippen LogP contribution is -3.00. The number of carbonyl (C=O) groups excluding carboxylic acids is 1. The van der Waals surface area contributed by atoms with Crippen molar-refractivity contribution in [3.05, 3.63) is 34.8 Å². The van der Waals surface area contributed by atoms with Crippen LogP contribution in [0, 0.1) is 5.39 Å². The summed E-state index contributed by atoms with van der Waals surface area (Å²) in [6.45, 7) is 0.447. The smallest absolute Gasteiger partial charge is 0.407 e. The second-order valence-electron chi connectivity index (χ2n) is 3.74. The maximum Gasteiger partial charge on any atom is 0.407 e. The van der Waals surface area contributed by atoms with Crippen LogP contribution in [-0.2, 0) is 11.2 Å². The molecule has 1 aromatic carbocycles. The Kier molecular flexibility index (Phi) is 4.73. The Labute approximate surface area is 105 Å². The van der Waals surface area contributed by atoms with E-state index < -0.39 is 0 Å². The molecule has 2 rings (SSSR count). The van der Waals surface area contributed by atoms with Gasteiger partial charge < -0.3 is 22.5 Å². The number of nitrogens with zero attached hydrogens (tertiary/aromatic N) is 2. The number of ether oxygens (including phenoxy) is 1. The fraction of sp³-hybridized carbons (Fsp3) is 0.364. The summed E-state index contributed by atoms with van der Waals surface area (Å²) in [4.78, 5) is 13.9. The van der Waals surface area contributed by atoms with Crippen LogP contribution in [0.4, 0.5) is 10.5 Å². The van der Waals surface area contributed by atoms with Crippen molar-refractivity contribution in [2.75, 3.05) is 6.61 Å². The number of hydrogen-bond acceptors (Lipinski definition) is 3. The van der Waals surface area contributed by atoms with E-state index in [-0.39, 0.29) is 24.5 Å². The van der Waals surface area contributed by atoms with Crippen molar-refractivity contribution in [2.45, 2.75) is 18.9 Å². The number of alkyl carbamates (subject to hydrolysis) is 1. The molecular weight excluding hydrogens is 242 g/mol. The Morgan fingerprint density at radius 2 is 2.12 bits per heavy atom. The number of hydrogen-bond donors (Lipinski definition) is 1. The number of benzene rings is 1. The molecule has 5 nitrogen and oxygen atoms in total. The van der Waals surface area contributed by atoms with Crippen molar-refractivity contribution in [1.29, 1.82) is 5.39 Å². The number of rotatable bonds is 3. The molecule has 1 N–H and O–H groups in total. The molecule has 0 saturated carbocycles. The highest BCUT2D eigenvalue weighted by atomic mass is 35.5. The van der Waals surface area contributed by atoms with Gasteiger partial charge in [-0.3, -0.25) is 0 Å². The molecule has 1 aliphatic rings. The number of carbonyl (C=O) groups is 1. The van der Waals surface area contributed by atoms with Crippen molar-refractivity contribution >= 4 is 11.8 Å². The predicted molar refractivity (Wildman–Crippen MR) is 57.8 cm³/mol. The second-order valence-corrected chi connectivity index (χ2v) is 3.74. The van der Waals surface area contributed by atoms with Crippen molar-refractivity contribution in [2.24, 2.45) is 0 Å². The lowest BCUT2D eigenvalue weighted by Gasteiger charge is -2.05. The van der Waals surface area contributed by atoms with Crippen LogP contribution in [0.15, 0.2) is 24.3 Å². The van der Waals surface area contributed by atoms with Crippen molar-refractivity contribution in [1.82, 2.24) is 5.32 Å². The third-order valence-corrected chi connectivity index (χ3v) is 2.57. The van der Waals surface area contributed by atoms with E-state index in [1.807, 2.05) is 12.1 Å². The van der Waals surface area contributed by atoms with Gasteiger partial charge in [0.15, 0.2) is 4.98 Å². The number of aryl methyl sites for hydroxylation is 1. The molecule has 0 bridgehead atoms. The van der Waals surface area contributed by atoms with Crippen LogP contribution < -0.4 is 17.7 Å². The van der Waals surface area contributed by atoms with Crippen molar-refractivity contribution < 1.29 is 21.9 Å². The Hall–Kier alpha value is -1.80. The molecule has 1 amide bonds. The average Bonchev–Trinajstić information content (AvgIpc) is 2.73. The number of cyclic esters (lactones) is 1. The van der Waals surface area contributed by atoms with E-state index in [2.05, 4.69) is 10.3 Å². The van der Waals surface area contributed by atoms with E-state index >= 15 is 0 Å². The Morgan fingerprint density at radius 1 is 1.41 bits per heavy atom.